The molecular weight excluding hydrogens is 769 g/mol. The quantitative estimate of drug-likeness (QED) is 0.137. The smallest absolute Gasteiger partial charge is 0.0991 e. The van der Waals surface area contributed by atoms with Crippen LogP contribution in [-0.4, -0.2) is 0 Å². The van der Waals surface area contributed by atoms with Crippen LogP contribution in [0, 0.1) is 45.3 Å². The molecule has 0 radical (unpaired) electrons. The van der Waals surface area contributed by atoms with E-state index in [9.17, 15) is 21.0 Å². The predicted octanol–water partition coefficient (Wildman–Crippen LogP) is 12.5. The van der Waals surface area contributed by atoms with E-state index >= 15 is 0 Å². The Labute approximate surface area is 326 Å². The molecule has 0 saturated heterocycles. The highest BCUT2D eigenvalue weighted by molar-refractivity contribution is 8.44. The Hall–Kier alpha value is -3.14. The first-order valence-electron chi connectivity index (χ1n) is 14.9. The lowest BCUT2D eigenvalue weighted by atomic mass is 10.2. The fraction of sp³-hybridized carbons (Fsp3) is 0.105. The summed E-state index contributed by atoms with van der Waals surface area (Å²) in [5.41, 5.74) is 7.38. The molecule has 0 aromatic heterocycles. The molecule has 0 atom stereocenters. The highest BCUT2D eigenvalue weighted by atomic mass is 32.3. The van der Waals surface area contributed by atoms with Crippen molar-refractivity contribution in [2.24, 2.45) is 0 Å². The van der Waals surface area contributed by atoms with Gasteiger partial charge in [-0.05, 0) is 70.8 Å². The number of thioether (sulfide) groups is 8. The van der Waals surface area contributed by atoms with E-state index in [4.69, 9.17) is 0 Å². The van der Waals surface area contributed by atoms with E-state index in [2.05, 4.69) is 24.3 Å². The molecule has 4 aromatic carbocycles. The molecule has 0 aliphatic carbocycles. The van der Waals surface area contributed by atoms with Crippen molar-refractivity contribution in [3.8, 4) is 24.3 Å². The van der Waals surface area contributed by atoms with Gasteiger partial charge in [0.1, 0.15) is 0 Å². The lowest BCUT2D eigenvalue weighted by Crippen LogP contribution is -1.83. The third kappa shape index (κ3) is 10.0. The Kier molecular flexibility index (Phi) is 13.5. The fourth-order valence-electron chi connectivity index (χ4n) is 4.36. The second-order valence-electron chi connectivity index (χ2n) is 10.5. The molecule has 50 heavy (non-hydrogen) atoms. The van der Waals surface area contributed by atoms with Gasteiger partial charge in [0.25, 0.3) is 0 Å². The minimum Gasteiger partial charge on any atom is -0.192 e. The van der Waals surface area contributed by atoms with Gasteiger partial charge in [0.2, 0.25) is 0 Å². The minimum absolute atomic E-state index is 0.665. The van der Waals surface area contributed by atoms with E-state index in [1.165, 1.54) is 47.7 Å². The molecule has 4 aromatic rings. The molecule has 0 N–H and O–H groups in total. The van der Waals surface area contributed by atoms with E-state index in [-0.39, 0.29) is 0 Å². The maximum atomic E-state index is 9.22. The third-order valence-corrected chi connectivity index (χ3v) is 18.9. The van der Waals surface area contributed by atoms with Crippen LogP contribution in [0.1, 0.15) is 44.5 Å². The lowest BCUT2D eigenvalue weighted by Gasteiger charge is -2.06. The number of nitrogens with zero attached hydrogens (tertiary/aromatic N) is 4. The molecule has 12 heteroatoms. The number of benzene rings is 4. The number of hydrogen-bond donors (Lipinski definition) is 0. The minimum atomic E-state index is 0.665. The Balaban J connectivity index is 1.20. The Morgan fingerprint density at radius 3 is 0.720 bits per heavy atom. The molecule has 244 valence electrons. The van der Waals surface area contributed by atoms with E-state index in [1.807, 2.05) is 191 Å². The second-order valence-corrected chi connectivity index (χ2v) is 20.1. The Bertz CT molecular complexity index is 1820. The largest absolute Gasteiger partial charge is 0.192 e. The van der Waals surface area contributed by atoms with Crippen LogP contribution < -0.4 is 0 Å². The maximum Gasteiger partial charge on any atom is 0.0991 e. The summed E-state index contributed by atoms with van der Waals surface area (Å²) in [5.74, 6) is 3.25. The highest BCUT2D eigenvalue weighted by Crippen LogP contribution is 2.66. The topological polar surface area (TPSA) is 95.2 Å². The summed E-state index contributed by atoms with van der Waals surface area (Å²) in [6.07, 6.45) is 0. The van der Waals surface area contributed by atoms with Gasteiger partial charge in [-0.2, -0.15) is 21.0 Å². The van der Waals surface area contributed by atoms with Crippen molar-refractivity contribution >= 4 is 94.1 Å². The van der Waals surface area contributed by atoms with Crippen LogP contribution in [0.25, 0.3) is 0 Å². The van der Waals surface area contributed by atoms with Crippen molar-refractivity contribution in [3.63, 3.8) is 0 Å². The first-order chi connectivity index (χ1) is 24.5. The van der Waals surface area contributed by atoms with Crippen LogP contribution in [0.4, 0.5) is 0 Å². The third-order valence-electron chi connectivity index (χ3n) is 7.05. The molecule has 6 rings (SSSR count). The van der Waals surface area contributed by atoms with Gasteiger partial charge >= 0.3 is 0 Å². The standard InChI is InChI=1S/C38H24N4S8/c39-17-25-1-9-29(10-2-25)21-43-33-34(44-22-30-11-3-26(18-40)4-12-30)48-37(47-33)38-49-35(45-23-31-13-5-27(19-41)6-14-31)36(50-38)46-24-32-15-7-28(20-42)8-16-32/h1-16H,21-24H2. The van der Waals surface area contributed by atoms with Gasteiger partial charge in [-0.25, -0.2) is 0 Å². The molecule has 2 aliphatic rings. The van der Waals surface area contributed by atoms with Crippen LogP contribution in [0.2, 0.25) is 0 Å². The molecule has 2 aliphatic heterocycles. The van der Waals surface area contributed by atoms with Crippen LogP contribution in [-0.2, 0) is 23.0 Å². The SMILES string of the molecule is N#Cc1ccc(CSC2=C(SCc3ccc(C#N)cc3)SC(=C3SC(SCc4ccc(C#N)cc4)=C(SCc4ccc(C#N)cc4)S3)S2)cc1. The maximum absolute atomic E-state index is 9.22. The Morgan fingerprint density at radius 1 is 0.340 bits per heavy atom. The molecule has 0 spiro atoms. The van der Waals surface area contributed by atoms with Gasteiger partial charge in [0.15, 0.2) is 0 Å². The summed E-state index contributed by atoms with van der Waals surface area (Å²) in [6, 6.07) is 40.1. The van der Waals surface area contributed by atoms with Crippen LogP contribution >= 0.6 is 94.1 Å². The van der Waals surface area contributed by atoms with Crippen LogP contribution in [0.15, 0.2) is 122 Å². The summed E-state index contributed by atoms with van der Waals surface area (Å²) < 4.78 is 7.71. The number of nitriles is 4. The molecule has 2 heterocycles. The first-order valence-corrected chi connectivity index (χ1v) is 22.2. The molecule has 0 fully saturated rings. The molecular formula is C38H24N4S8. The Morgan fingerprint density at radius 2 is 0.540 bits per heavy atom. The lowest BCUT2D eigenvalue weighted by molar-refractivity contribution is 1.39. The molecule has 4 nitrogen and oxygen atoms in total. The summed E-state index contributed by atoms with van der Waals surface area (Å²) >= 11 is 14.7. The van der Waals surface area contributed by atoms with Gasteiger partial charge in [0.05, 0.1) is 72.0 Å². The zero-order valence-corrected chi connectivity index (χ0v) is 32.7. The van der Waals surface area contributed by atoms with Crippen LogP contribution in [0.5, 0.6) is 0 Å². The van der Waals surface area contributed by atoms with Gasteiger partial charge < -0.3 is 0 Å². The summed E-state index contributed by atoms with van der Waals surface area (Å²) in [7, 11) is 0. The summed E-state index contributed by atoms with van der Waals surface area (Å²) in [5, 5.41) is 36.9. The van der Waals surface area contributed by atoms with Crippen LogP contribution in [0.3, 0.4) is 0 Å². The number of rotatable bonds is 12. The van der Waals surface area contributed by atoms with E-state index in [0.717, 1.165) is 23.0 Å². The zero-order chi connectivity index (χ0) is 34.7. The molecule has 0 unspecified atom stereocenters. The second kappa shape index (κ2) is 18.4. The summed E-state index contributed by atoms with van der Waals surface area (Å²) in [4.78, 5) is 0. The average molecular weight is 793 g/mol. The van der Waals surface area contributed by atoms with Crippen molar-refractivity contribution in [2.75, 3.05) is 0 Å². The number of hydrogen-bond acceptors (Lipinski definition) is 12. The molecule has 0 saturated carbocycles. The predicted molar refractivity (Wildman–Crippen MR) is 221 cm³/mol. The van der Waals surface area contributed by atoms with E-state index in [1.54, 1.807) is 0 Å². The normalized spacial score (nSPS) is 14.0. The first kappa shape index (κ1) is 36.6. The fourth-order valence-corrected chi connectivity index (χ4v) is 16.2. The van der Waals surface area contributed by atoms with E-state index < -0.39 is 0 Å². The van der Waals surface area contributed by atoms with E-state index in [0.29, 0.717) is 22.3 Å². The van der Waals surface area contributed by atoms with Crippen molar-refractivity contribution in [1.29, 1.82) is 21.0 Å². The highest BCUT2D eigenvalue weighted by Gasteiger charge is 2.31. The van der Waals surface area contributed by atoms with Crippen molar-refractivity contribution in [1.82, 2.24) is 0 Å². The van der Waals surface area contributed by atoms with Gasteiger partial charge in [-0.3, -0.25) is 0 Å². The molecule has 0 amide bonds. The van der Waals surface area contributed by atoms with Gasteiger partial charge in [-0.15, -0.1) is 47.0 Å². The van der Waals surface area contributed by atoms with Gasteiger partial charge in [0, 0.05) is 23.0 Å². The molecule has 0 bridgehead atoms. The van der Waals surface area contributed by atoms with Crippen molar-refractivity contribution in [3.05, 3.63) is 167 Å². The van der Waals surface area contributed by atoms with Crippen molar-refractivity contribution in [2.45, 2.75) is 23.0 Å². The summed E-state index contributed by atoms with van der Waals surface area (Å²) in [6.45, 7) is 0. The van der Waals surface area contributed by atoms with Gasteiger partial charge in [-0.1, -0.05) is 95.6 Å². The zero-order valence-electron chi connectivity index (χ0n) is 26.1. The van der Waals surface area contributed by atoms with Crippen molar-refractivity contribution < 1.29 is 0 Å². The average Bonchev–Trinajstić information content (AvgIpc) is 3.79. The monoisotopic (exact) mass is 792 g/mol.